The molecule has 0 heterocycles. The van der Waals surface area contributed by atoms with Crippen LogP contribution in [-0.4, -0.2) is 39.0 Å². The van der Waals surface area contributed by atoms with Crippen LogP contribution >= 0.6 is 35.0 Å². The van der Waals surface area contributed by atoms with Crippen molar-refractivity contribution in [1.29, 1.82) is 0 Å². The number of amides is 1. The minimum Gasteiger partial charge on any atom is -0.494 e. The zero-order valence-corrected chi connectivity index (χ0v) is 19.1. The number of anilines is 1. The molecule has 1 unspecified atom stereocenters. The van der Waals surface area contributed by atoms with E-state index in [0.29, 0.717) is 30.2 Å². The maximum Gasteiger partial charge on any atom is 0.242 e. The number of carbonyl (C=O) groups excluding carboxylic acids is 1. The summed E-state index contributed by atoms with van der Waals surface area (Å²) >= 11 is 13.3. The van der Waals surface area contributed by atoms with Gasteiger partial charge in [-0.2, -0.15) is 16.5 Å². The Bertz CT molecular complexity index is 938. The molecule has 2 N–H and O–H groups in total. The largest absolute Gasteiger partial charge is 0.494 e. The van der Waals surface area contributed by atoms with Gasteiger partial charge >= 0.3 is 0 Å². The van der Waals surface area contributed by atoms with Crippen LogP contribution in [0.25, 0.3) is 0 Å². The van der Waals surface area contributed by atoms with E-state index < -0.39 is 22.0 Å². The molecule has 158 valence electrons. The van der Waals surface area contributed by atoms with Gasteiger partial charge in [0.2, 0.25) is 15.9 Å². The molecule has 2 aromatic rings. The topological polar surface area (TPSA) is 84.5 Å². The first-order valence-electron chi connectivity index (χ1n) is 8.77. The summed E-state index contributed by atoms with van der Waals surface area (Å²) in [5.41, 5.74) is 0.543. The van der Waals surface area contributed by atoms with Gasteiger partial charge in [0.15, 0.2) is 0 Å². The van der Waals surface area contributed by atoms with E-state index in [1.165, 1.54) is 30.0 Å². The lowest BCUT2D eigenvalue weighted by Gasteiger charge is -2.18. The number of carbonyl (C=O) groups is 1. The zero-order chi connectivity index (χ0) is 21.4. The Morgan fingerprint density at radius 3 is 2.41 bits per heavy atom. The minimum atomic E-state index is -3.96. The summed E-state index contributed by atoms with van der Waals surface area (Å²) < 4.78 is 33.3. The molecule has 29 heavy (non-hydrogen) atoms. The summed E-state index contributed by atoms with van der Waals surface area (Å²) in [5.74, 6) is 0.835. The fourth-order valence-corrected chi connectivity index (χ4v) is 4.50. The summed E-state index contributed by atoms with van der Waals surface area (Å²) in [4.78, 5) is 12.7. The third-order valence-electron chi connectivity index (χ3n) is 3.86. The fraction of sp³-hybridized carbons (Fsp3) is 0.316. The van der Waals surface area contributed by atoms with Crippen LogP contribution in [0.5, 0.6) is 5.75 Å². The molecule has 10 heteroatoms. The molecule has 0 radical (unpaired) electrons. The van der Waals surface area contributed by atoms with E-state index in [4.69, 9.17) is 27.9 Å². The Morgan fingerprint density at radius 2 is 1.83 bits per heavy atom. The molecule has 2 rings (SSSR count). The van der Waals surface area contributed by atoms with Crippen molar-refractivity contribution in [2.24, 2.45) is 0 Å². The molecule has 0 saturated carbocycles. The van der Waals surface area contributed by atoms with Crippen LogP contribution in [0.4, 0.5) is 5.69 Å². The average molecular weight is 477 g/mol. The first kappa shape index (κ1) is 23.8. The Morgan fingerprint density at radius 1 is 1.14 bits per heavy atom. The Labute approximate surface area is 185 Å². The standard InChI is InChI=1S/C19H22Cl2N2O4S2/c1-3-27-14-6-4-13(5-7-14)22-19(24)18(10-11-28-2)23-29(25,26)15-8-9-16(20)17(21)12-15/h4-9,12,18,23H,3,10-11H2,1-2H3,(H,22,24). The molecule has 1 atom stereocenters. The predicted octanol–water partition coefficient (Wildman–Crippen LogP) is 4.43. The van der Waals surface area contributed by atoms with E-state index in [1.807, 2.05) is 13.2 Å². The Balaban J connectivity index is 2.16. The number of benzene rings is 2. The summed E-state index contributed by atoms with van der Waals surface area (Å²) in [5, 5.41) is 3.10. The molecule has 0 spiro atoms. The molecule has 0 aromatic heterocycles. The van der Waals surface area contributed by atoms with Gasteiger partial charge in [-0.05, 0) is 67.8 Å². The van der Waals surface area contributed by atoms with Crippen molar-refractivity contribution < 1.29 is 17.9 Å². The first-order valence-corrected chi connectivity index (χ1v) is 12.4. The third kappa shape index (κ3) is 7.08. The van der Waals surface area contributed by atoms with Crippen LogP contribution in [-0.2, 0) is 14.8 Å². The molecule has 0 bridgehead atoms. The summed E-state index contributed by atoms with van der Waals surface area (Å²) in [6.45, 7) is 2.42. The second-order valence-corrected chi connectivity index (χ2v) is 9.49. The zero-order valence-electron chi connectivity index (χ0n) is 15.9. The molecule has 0 saturated heterocycles. The van der Waals surface area contributed by atoms with Crippen molar-refractivity contribution >= 4 is 56.6 Å². The highest BCUT2D eigenvalue weighted by molar-refractivity contribution is 7.98. The molecule has 0 aliphatic rings. The molecule has 0 aliphatic carbocycles. The van der Waals surface area contributed by atoms with Gasteiger partial charge in [0.05, 0.1) is 21.5 Å². The van der Waals surface area contributed by atoms with E-state index >= 15 is 0 Å². The lowest BCUT2D eigenvalue weighted by Crippen LogP contribution is -2.44. The van der Waals surface area contributed by atoms with Crippen LogP contribution in [0.1, 0.15) is 13.3 Å². The van der Waals surface area contributed by atoms with Gasteiger partial charge in [-0.15, -0.1) is 0 Å². The van der Waals surface area contributed by atoms with Crippen LogP contribution in [0.3, 0.4) is 0 Å². The third-order valence-corrected chi connectivity index (χ3v) is 6.71. The van der Waals surface area contributed by atoms with Crippen LogP contribution in [0.2, 0.25) is 10.0 Å². The number of thioether (sulfide) groups is 1. The van der Waals surface area contributed by atoms with Crippen LogP contribution < -0.4 is 14.8 Å². The lowest BCUT2D eigenvalue weighted by atomic mass is 10.2. The van der Waals surface area contributed by atoms with Crippen molar-refractivity contribution in [2.75, 3.05) is 23.9 Å². The Hall–Kier alpha value is -1.45. The Kier molecular flexibility index (Phi) is 9.10. The molecular formula is C19H22Cl2N2O4S2. The second kappa shape index (κ2) is 11.1. The lowest BCUT2D eigenvalue weighted by molar-refractivity contribution is -0.117. The van der Waals surface area contributed by atoms with E-state index in [9.17, 15) is 13.2 Å². The van der Waals surface area contributed by atoms with Crippen molar-refractivity contribution in [2.45, 2.75) is 24.3 Å². The molecule has 1 amide bonds. The number of ether oxygens (including phenoxy) is 1. The number of halogens is 2. The normalized spacial score (nSPS) is 12.4. The smallest absolute Gasteiger partial charge is 0.242 e. The van der Waals surface area contributed by atoms with Gasteiger partial charge in [-0.25, -0.2) is 8.42 Å². The fourth-order valence-electron chi connectivity index (χ4n) is 2.41. The van der Waals surface area contributed by atoms with E-state index in [2.05, 4.69) is 10.0 Å². The van der Waals surface area contributed by atoms with Crippen LogP contribution in [0, 0.1) is 0 Å². The van der Waals surface area contributed by atoms with Crippen molar-refractivity contribution in [3.05, 3.63) is 52.5 Å². The summed E-state index contributed by atoms with van der Waals surface area (Å²) in [6.07, 6.45) is 2.21. The van der Waals surface area contributed by atoms with Gasteiger partial charge in [-0.1, -0.05) is 23.2 Å². The SMILES string of the molecule is CCOc1ccc(NC(=O)C(CCSC)NS(=O)(=O)c2ccc(Cl)c(Cl)c2)cc1. The molecule has 0 aliphatic heterocycles. The van der Waals surface area contributed by atoms with E-state index in [-0.39, 0.29) is 14.9 Å². The highest BCUT2D eigenvalue weighted by atomic mass is 35.5. The summed E-state index contributed by atoms with van der Waals surface area (Å²) in [7, 11) is -3.96. The van der Waals surface area contributed by atoms with E-state index in [1.54, 1.807) is 24.3 Å². The predicted molar refractivity (Wildman–Crippen MR) is 120 cm³/mol. The first-order chi connectivity index (χ1) is 13.8. The van der Waals surface area contributed by atoms with Gasteiger partial charge in [-0.3, -0.25) is 4.79 Å². The molecule has 0 fully saturated rings. The van der Waals surface area contributed by atoms with Crippen molar-refractivity contribution in [1.82, 2.24) is 4.72 Å². The number of nitrogens with one attached hydrogen (secondary N) is 2. The highest BCUT2D eigenvalue weighted by Crippen LogP contribution is 2.25. The summed E-state index contributed by atoms with van der Waals surface area (Å²) in [6, 6.07) is 9.90. The van der Waals surface area contributed by atoms with Gasteiger partial charge in [0, 0.05) is 5.69 Å². The highest BCUT2D eigenvalue weighted by Gasteiger charge is 2.26. The maximum absolute atomic E-state index is 12.7. The quantitative estimate of drug-likeness (QED) is 0.529. The molecule has 6 nitrogen and oxygen atoms in total. The van der Waals surface area contributed by atoms with Gasteiger partial charge in [0.25, 0.3) is 0 Å². The number of hydrogen-bond donors (Lipinski definition) is 2. The van der Waals surface area contributed by atoms with E-state index in [0.717, 1.165) is 0 Å². The van der Waals surface area contributed by atoms with Gasteiger partial charge < -0.3 is 10.1 Å². The number of hydrogen-bond acceptors (Lipinski definition) is 5. The molecule has 2 aromatic carbocycles. The van der Waals surface area contributed by atoms with Crippen molar-refractivity contribution in [3.63, 3.8) is 0 Å². The number of rotatable bonds is 10. The van der Waals surface area contributed by atoms with Crippen molar-refractivity contribution in [3.8, 4) is 5.75 Å². The van der Waals surface area contributed by atoms with Crippen LogP contribution in [0.15, 0.2) is 47.4 Å². The minimum absolute atomic E-state index is 0.0603. The maximum atomic E-state index is 12.7. The molecular weight excluding hydrogens is 455 g/mol. The second-order valence-electron chi connectivity index (χ2n) is 5.98. The monoisotopic (exact) mass is 476 g/mol. The number of sulfonamides is 1. The average Bonchev–Trinajstić information content (AvgIpc) is 2.68. The van der Waals surface area contributed by atoms with Gasteiger partial charge in [0.1, 0.15) is 11.8 Å².